The lowest BCUT2D eigenvalue weighted by molar-refractivity contribution is 0.345. The van der Waals surface area contributed by atoms with Crippen molar-refractivity contribution in [3.63, 3.8) is 0 Å². The molecule has 19 heavy (non-hydrogen) atoms. The average Bonchev–Trinajstić information content (AvgIpc) is 2.78. The predicted molar refractivity (Wildman–Crippen MR) is 82.2 cm³/mol. The van der Waals surface area contributed by atoms with Gasteiger partial charge in [0.1, 0.15) is 0 Å². The summed E-state index contributed by atoms with van der Waals surface area (Å²) in [5.41, 5.74) is 3.26. The number of rotatable bonds is 2. The Kier molecular flexibility index (Phi) is 3.68. The van der Waals surface area contributed by atoms with Crippen molar-refractivity contribution in [2.75, 3.05) is 0 Å². The molecule has 98 valence electrons. The first kappa shape index (κ1) is 12.5. The summed E-state index contributed by atoms with van der Waals surface area (Å²) in [6, 6.07) is 11.1. The molecule has 0 bridgehead atoms. The van der Waals surface area contributed by atoms with E-state index >= 15 is 0 Å². The highest BCUT2D eigenvalue weighted by Crippen LogP contribution is 2.45. The van der Waals surface area contributed by atoms with Crippen molar-refractivity contribution in [2.24, 2.45) is 0 Å². The van der Waals surface area contributed by atoms with Gasteiger partial charge in [0, 0.05) is 5.41 Å². The minimum atomic E-state index is 0.255. The Morgan fingerprint density at radius 3 is 2.42 bits per heavy atom. The molecule has 0 aliphatic heterocycles. The molecule has 0 unspecified atom stereocenters. The second-order valence-electron chi connectivity index (χ2n) is 5.70. The highest BCUT2D eigenvalue weighted by molar-refractivity contribution is 5.44. The van der Waals surface area contributed by atoms with Gasteiger partial charge in [-0.05, 0) is 30.4 Å². The van der Waals surface area contributed by atoms with Crippen molar-refractivity contribution in [1.82, 2.24) is 0 Å². The van der Waals surface area contributed by atoms with Crippen LogP contribution in [0.3, 0.4) is 0 Å². The van der Waals surface area contributed by atoms with E-state index < -0.39 is 0 Å². The fourth-order valence-electron chi connectivity index (χ4n) is 3.55. The van der Waals surface area contributed by atoms with E-state index in [-0.39, 0.29) is 5.41 Å². The molecule has 0 heteroatoms. The van der Waals surface area contributed by atoms with Crippen LogP contribution in [0.4, 0.5) is 0 Å². The normalized spacial score (nSPS) is 21.8. The molecular formula is C19H22. The van der Waals surface area contributed by atoms with Gasteiger partial charge in [-0.2, -0.15) is 0 Å². The van der Waals surface area contributed by atoms with Crippen LogP contribution in [0.2, 0.25) is 0 Å². The van der Waals surface area contributed by atoms with Gasteiger partial charge in [-0.3, -0.25) is 0 Å². The molecule has 0 radical (unpaired) electrons. The SMILES string of the molecule is C1=CCC=CC(C2(c3ccccc3)CCCCC2)=C1. The average molecular weight is 250 g/mol. The Morgan fingerprint density at radius 2 is 1.63 bits per heavy atom. The van der Waals surface area contributed by atoms with Gasteiger partial charge >= 0.3 is 0 Å². The molecule has 1 aromatic carbocycles. The van der Waals surface area contributed by atoms with Crippen molar-refractivity contribution in [1.29, 1.82) is 0 Å². The van der Waals surface area contributed by atoms with Crippen LogP contribution in [0, 0.1) is 0 Å². The molecule has 0 nitrogen and oxygen atoms in total. The second-order valence-corrected chi connectivity index (χ2v) is 5.70. The summed E-state index contributed by atoms with van der Waals surface area (Å²) >= 11 is 0. The van der Waals surface area contributed by atoms with Gasteiger partial charge in [-0.1, -0.05) is 80.0 Å². The van der Waals surface area contributed by atoms with Gasteiger partial charge in [0.05, 0.1) is 0 Å². The van der Waals surface area contributed by atoms with Crippen molar-refractivity contribution >= 4 is 0 Å². The van der Waals surface area contributed by atoms with Crippen LogP contribution in [0.25, 0.3) is 0 Å². The van der Waals surface area contributed by atoms with E-state index in [0.717, 1.165) is 6.42 Å². The lowest BCUT2D eigenvalue weighted by atomic mass is 9.64. The molecule has 1 saturated carbocycles. The van der Waals surface area contributed by atoms with Crippen LogP contribution in [-0.4, -0.2) is 0 Å². The number of hydrogen-bond acceptors (Lipinski definition) is 0. The van der Waals surface area contributed by atoms with Gasteiger partial charge in [-0.15, -0.1) is 0 Å². The maximum atomic E-state index is 2.36. The van der Waals surface area contributed by atoms with E-state index in [9.17, 15) is 0 Å². The predicted octanol–water partition coefficient (Wildman–Crippen LogP) is 5.33. The second kappa shape index (κ2) is 5.61. The lowest BCUT2D eigenvalue weighted by Crippen LogP contribution is -2.30. The molecule has 1 fully saturated rings. The van der Waals surface area contributed by atoms with E-state index in [1.54, 1.807) is 0 Å². The standard InChI is InChI=1S/C19H22/c1-2-6-12-17(11-5-1)19(15-9-4-10-16-19)18-13-7-3-8-14-18/h1,3,5-8,11-14H,2,4,9-10,15-16H2. The summed E-state index contributed by atoms with van der Waals surface area (Å²) in [6.45, 7) is 0. The molecule has 0 amide bonds. The minimum Gasteiger partial charge on any atom is -0.0807 e. The summed E-state index contributed by atoms with van der Waals surface area (Å²) in [7, 11) is 0. The Morgan fingerprint density at radius 1 is 0.842 bits per heavy atom. The molecule has 0 N–H and O–H groups in total. The summed E-state index contributed by atoms with van der Waals surface area (Å²) in [4.78, 5) is 0. The Hall–Kier alpha value is -1.56. The fraction of sp³-hybridized carbons (Fsp3) is 0.368. The van der Waals surface area contributed by atoms with E-state index in [1.807, 2.05) is 0 Å². The number of allylic oxidation sites excluding steroid dienone is 6. The fourth-order valence-corrected chi connectivity index (χ4v) is 3.55. The van der Waals surface area contributed by atoms with E-state index in [2.05, 4.69) is 60.7 Å². The molecule has 2 aliphatic carbocycles. The molecule has 0 aromatic heterocycles. The quantitative estimate of drug-likeness (QED) is 0.665. The van der Waals surface area contributed by atoms with Crippen LogP contribution in [0.1, 0.15) is 44.1 Å². The Balaban J connectivity index is 2.06. The van der Waals surface area contributed by atoms with Gasteiger partial charge in [0.2, 0.25) is 0 Å². The van der Waals surface area contributed by atoms with Gasteiger partial charge in [0.25, 0.3) is 0 Å². The van der Waals surface area contributed by atoms with Crippen molar-refractivity contribution in [2.45, 2.75) is 43.9 Å². The van der Waals surface area contributed by atoms with E-state index in [0.29, 0.717) is 0 Å². The van der Waals surface area contributed by atoms with Crippen molar-refractivity contribution in [3.05, 3.63) is 71.8 Å². The molecular weight excluding hydrogens is 228 g/mol. The van der Waals surface area contributed by atoms with Gasteiger partial charge < -0.3 is 0 Å². The first-order valence-electron chi connectivity index (χ1n) is 7.51. The third-order valence-electron chi connectivity index (χ3n) is 4.57. The van der Waals surface area contributed by atoms with E-state index in [1.165, 1.54) is 43.2 Å². The third-order valence-corrected chi connectivity index (χ3v) is 4.57. The zero-order chi connectivity index (χ0) is 13.0. The van der Waals surface area contributed by atoms with Crippen molar-refractivity contribution < 1.29 is 0 Å². The first-order valence-corrected chi connectivity index (χ1v) is 7.51. The highest BCUT2D eigenvalue weighted by atomic mass is 14.4. The van der Waals surface area contributed by atoms with Gasteiger partial charge in [-0.25, -0.2) is 0 Å². The zero-order valence-corrected chi connectivity index (χ0v) is 11.5. The minimum absolute atomic E-state index is 0.255. The van der Waals surface area contributed by atoms with E-state index in [4.69, 9.17) is 0 Å². The number of hydrogen-bond donors (Lipinski definition) is 0. The third kappa shape index (κ3) is 2.45. The van der Waals surface area contributed by atoms with Gasteiger partial charge in [0.15, 0.2) is 0 Å². The monoisotopic (exact) mass is 250 g/mol. The molecule has 1 aromatic rings. The molecule has 0 spiro atoms. The summed E-state index contributed by atoms with van der Waals surface area (Å²) in [5.74, 6) is 0. The summed E-state index contributed by atoms with van der Waals surface area (Å²) < 4.78 is 0. The summed E-state index contributed by atoms with van der Waals surface area (Å²) in [5, 5.41) is 0. The maximum absolute atomic E-state index is 2.36. The van der Waals surface area contributed by atoms with Crippen LogP contribution in [0.5, 0.6) is 0 Å². The first-order chi connectivity index (χ1) is 9.42. The summed E-state index contributed by atoms with van der Waals surface area (Å²) in [6.07, 6.45) is 19.2. The highest BCUT2D eigenvalue weighted by Gasteiger charge is 2.36. The zero-order valence-electron chi connectivity index (χ0n) is 11.5. The maximum Gasteiger partial charge on any atom is 0.0202 e. The smallest absolute Gasteiger partial charge is 0.0202 e. The van der Waals surface area contributed by atoms with Crippen molar-refractivity contribution in [3.8, 4) is 0 Å². The topological polar surface area (TPSA) is 0 Å². The van der Waals surface area contributed by atoms with Crippen LogP contribution >= 0.6 is 0 Å². The number of benzene rings is 1. The molecule has 0 heterocycles. The van der Waals surface area contributed by atoms with Crippen LogP contribution in [-0.2, 0) is 5.41 Å². The Bertz CT molecular complexity index is 496. The molecule has 3 rings (SSSR count). The molecule has 0 atom stereocenters. The van der Waals surface area contributed by atoms with Crippen LogP contribution in [0.15, 0.2) is 66.3 Å². The van der Waals surface area contributed by atoms with Crippen LogP contribution < -0.4 is 0 Å². The Labute approximate surface area is 116 Å². The lowest BCUT2D eigenvalue weighted by Gasteiger charge is -2.39. The molecule has 2 aliphatic rings. The largest absolute Gasteiger partial charge is 0.0807 e. The molecule has 0 saturated heterocycles.